The standard InChI is InChI=1S/C22H19F3N4O2/c1-26-20(30)14-7-9-16(10-8-14)28-21(31)18-12-27-29(19(18)13-5-6-13)17-4-2-3-15(11-17)22(23,24)25/h2-4,7-13H,5-6H2,1H3,(H,26,30)(H,28,31). The number of hydrogen-bond acceptors (Lipinski definition) is 3. The molecule has 2 aromatic carbocycles. The number of nitrogens with zero attached hydrogens (tertiary/aromatic N) is 2. The molecule has 1 aromatic heterocycles. The van der Waals surface area contributed by atoms with Gasteiger partial charge in [0.05, 0.1) is 28.7 Å². The first-order chi connectivity index (χ1) is 14.8. The zero-order valence-electron chi connectivity index (χ0n) is 16.5. The molecule has 0 aliphatic heterocycles. The van der Waals surface area contributed by atoms with Crippen LogP contribution in [-0.4, -0.2) is 28.6 Å². The quantitative estimate of drug-likeness (QED) is 0.633. The van der Waals surface area contributed by atoms with Crippen molar-refractivity contribution >= 4 is 17.5 Å². The summed E-state index contributed by atoms with van der Waals surface area (Å²) in [6, 6.07) is 11.3. The largest absolute Gasteiger partial charge is 0.416 e. The molecule has 4 rings (SSSR count). The SMILES string of the molecule is CNC(=O)c1ccc(NC(=O)c2cnn(-c3cccc(C(F)(F)F)c3)c2C2CC2)cc1. The first kappa shape index (κ1) is 20.6. The van der Waals surface area contributed by atoms with Gasteiger partial charge in [0.15, 0.2) is 0 Å². The Morgan fingerprint density at radius 2 is 1.77 bits per heavy atom. The van der Waals surface area contributed by atoms with Crippen molar-refractivity contribution < 1.29 is 22.8 Å². The molecule has 1 saturated carbocycles. The Labute approximate surface area is 176 Å². The summed E-state index contributed by atoms with van der Waals surface area (Å²) >= 11 is 0. The number of halogens is 3. The highest BCUT2D eigenvalue weighted by Crippen LogP contribution is 2.43. The molecule has 3 aromatic rings. The number of amides is 2. The van der Waals surface area contributed by atoms with E-state index in [9.17, 15) is 22.8 Å². The van der Waals surface area contributed by atoms with Gasteiger partial charge in [0.25, 0.3) is 11.8 Å². The zero-order chi connectivity index (χ0) is 22.2. The summed E-state index contributed by atoms with van der Waals surface area (Å²) in [4.78, 5) is 24.5. The van der Waals surface area contributed by atoms with Crippen LogP contribution in [0.2, 0.25) is 0 Å². The predicted molar refractivity (Wildman–Crippen MR) is 108 cm³/mol. The maximum atomic E-state index is 13.1. The van der Waals surface area contributed by atoms with Crippen LogP contribution in [0.4, 0.5) is 18.9 Å². The normalized spacial score (nSPS) is 13.7. The molecule has 2 N–H and O–H groups in total. The van der Waals surface area contributed by atoms with Crippen LogP contribution >= 0.6 is 0 Å². The lowest BCUT2D eigenvalue weighted by atomic mass is 10.1. The highest BCUT2D eigenvalue weighted by molar-refractivity contribution is 6.05. The van der Waals surface area contributed by atoms with E-state index in [4.69, 9.17) is 0 Å². The summed E-state index contributed by atoms with van der Waals surface area (Å²) in [6.07, 6.45) is -1.41. The van der Waals surface area contributed by atoms with Crippen molar-refractivity contribution in [2.24, 2.45) is 0 Å². The first-order valence-corrected chi connectivity index (χ1v) is 9.67. The number of hydrogen-bond donors (Lipinski definition) is 2. The molecule has 0 saturated heterocycles. The lowest BCUT2D eigenvalue weighted by molar-refractivity contribution is -0.137. The molecule has 160 valence electrons. The van der Waals surface area contributed by atoms with Crippen LogP contribution in [0.1, 0.15) is 50.7 Å². The average molecular weight is 428 g/mol. The fourth-order valence-corrected chi connectivity index (χ4v) is 3.35. The molecule has 0 atom stereocenters. The highest BCUT2D eigenvalue weighted by atomic mass is 19.4. The summed E-state index contributed by atoms with van der Waals surface area (Å²) < 4.78 is 40.8. The van der Waals surface area contributed by atoms with E-state index in [1.807, 2.05) is 0 Å². The van der Waals surface area contributed by atoms with E-state index in [2.05, 4.69) is 15.7 Å². The summed E-state index contributed by atoms with van der Waals surface area (Å²) in [5, 5.41) is 9.50. The van der Waals surface area contributed by atoms with Crippen LogP contribution in [0.5, 0.6) is 0 Å². The molecule has 0 spiro atoms. The molecule has 0 radical (unpaired) electrons. The molecule has 6 nitrogen and oxygen atoms in total. The van der Waals surface area contributed by atoms with Gasteiger partial charge in [0.2, 0.25) is 0 Å². The van der Waals surface area contributed by atoms with Gasteiger partial charge in [-0.25, -0.2) is 4.68 Å². The number of nitrogens with one attached hydrogen (secondary N) is 2. The lowest BCUT2D eigenvalue weighted by Gasteiger charge is -2.12. The monoisotopic (exact) mass is 428 g/mol. The molecule has 31 heavy (non-hydrogen) atoms. The molecule has 9 heteroatoms. The van der Waals surface area contributed by atoms with Crippen molar-refractivity contribution in [1.29, 1.82) is 0 Å². The highest BCUT2D eigenvalue weighted by Gasteiger charge is 2.34. The van der Waals surface area contributed by atoms with Crippen LogP contribution in [0.15, 0.2) is 54.7 Å². The molecule has 1 fully saturated rings. The van der Waals surface area contributed by atoms with E-state index in [0.29, 0.717) is 22.5 Å². The summed E-state index contributed by atoms with van der Waals surface area (Å²) in [6.45, 7) is 0. The van der Waals surface area contributed by atoms with E-state index in [1.165, 1.54) is 30.1 Å². The molecular formula is C22H19F3N4O2. The minimum atomic E-state index is -4.47. The minimum absolute atomic E-state index is 0.0634. The van der Waals surface area contributed by atoms with Gasteiger partial charge in [-0.2, -0.15) is 18.3 Å². The van der Waals surface area contributed by atoms with Crippen LogP contribution < -0.4 is 10.6 Å². The van der Waals surface area contributed by atoms with Crippen LogP contribution in [0.3, 0.4) is 0 Å². The summed E-state index contributed by atoms with van der Waals surface area (Å²) in [5.74, 6) is -0.586. The van der Waals surface area contributed by atoms with E-state index < -0.39 is 17.6 Å². The van der Waals surface area contributed by atoms with Gasteiger partial charge in [0, 0.05) is 24.2 Å². The average Bonchev–Trinajstić information content (AvgIpc) is 3.50. The maximum absolute atomic E-state index is 13.1. The number of anilines is 1. The predicted octanol–water partition coefficient (Wildman–Crippen LogP) is 4.38. The van der Waals surface area contributed by atoms with Crippen LogP contribution in [0, 0.1) is 0 Å². The molecule has 1 aliphatic carbocycles. The molecular weight excluding hydrogens is 409 g/mol. The van der Waals surface area contributed by atoms with Gasteiger partial charge >= 0.3 is 6.18 Å². The van der Waals surface area contributed by atoms with Gasteiger partial charge in [-0.05, 0) is 55.3 Å². The number of aromatic nitrogens is 2. The van der Waals surface area contributed by atoms with Gasteiger partial charge < -0.3 is 10.6 Å². The summed E-state index contributed by atoms with van der Waals surface area (Å²) in [7, 11) is 1.53. The fraction of sp³-hybridized carbons (Fsp3) is 0.227. The van der Waals surface area contributed by atoms with Crippen molar-refractivity contribution in [1.82, 2.24) is 15.1 Å². The fourth-order valence-electron chi connectivity index (χ4n) is 3.35. The number of rotatable bonds is 5. The van der Waals surface area contributed by atoms with Crippen molar-refractivity contribution in [2.75, 3.05) is 12.4 Å². The van der Waals surface area contributed by atoms with Gasteiger partial charge in [-0.1, -0.05) is 6.07 Å². The third-order valence-corrected chi connectivity index (χ3v) is 5.07. The second kappa shape index (κ2) is 7.90. The number of alkyl halides is 3. The van der Waals surface area contributed by atoms with E-state index in [1.54, 1.807) is 24.3 Å². The summed E-state index contributed by atoms with van der Waals surface area (Å²) in [5.41, 5.74) is 1.34. The van der Waals surface area contributed by atoms with Gasteiger partial charge in [-0.3, -0.25) is 9.59 Å². The molecule has 1 aliphatic rings. The first-order valence-electron chi connectivity index (χ1n) is 9.67. The lowest BCUT2D eigenvalue weighted by Crippen LogP contribution is -2.18. The number of carbonyl (C=O) groups is 2. The zero-order valence-corrected chi connectivity index (χ0v) is 16.5. The Kier molecular flexibility index (Phi) is 5.26. The third-order valence-electron chi connectivity index (χ3n) is 5.07. The molecule has 0 unspecified atom stereocenters. The molecule has 2 amide bonds. The van der Waals surface area contributed by atoms with Gasteiger partial charge in [-0.15, -0.1) is 0 Å². The maximum Gasteiger partial charge on any atom is 0.416 e. The van der Waals surface area contributed by atoms with Crippen molar-refractivity contribution in [2.45, 2.75) is 24.9 Å². The van der Waals surface area contributed by atoms with Crippen molar-refractivity contribution in [3.8, 4) is 5.69 Å². The smallest absolute Gasteiger partial charge is 0.355 e. The third kappa shape index (κ3) is 4.30. The number of carbonyl (C=O) groups excluding carboxylic acids is 2. The minimum Gasteiger partial charge on any atom is -0.355 e. The Balaban J connectivity index is 1.62. The van der Waals surface area contributed by atoms with Crippen LogP contribution in [-0.2, 0) is 6.18 Å². The Morgan fingerprint density at radius 3 is 2.39 bits per heavy atom. The Morgan fingerprint density at radius 1 is 1.06 bits per heavy atom. The topological polar surface area (TPSA) is 76.0 Å². The molecule has 1 heterocycles. The van der Waals surface area contributed by atoms with Crippen LogP contribution in [0.25, 0.3) is 5.69 Å². The van der Waals surface area contributed by atoms with E-state index >= 15 is 0 Å². The number of benzene rings is 2. The second-order valence-corrected chi connectivity index (χ2v) is 7.29. The van der Waals surface area contributed by atoms with Crippen molar-refractivity contribution in [3.05, 3.63) is 77.1 Å². The Bertz CT molecular complexity index is 1130. The van der Waals surface area contributed by atoms with E-state index in [-0.39, 0.29) is 17.5 Å². The Hall–Kier alpha value is -3.62. The second-order valence-electron chi connectivity index (χ2n) is 7.29. The van der Waals surface area contributed by atoms with Gasteiger partial charge in [0.1, 0.15) is 0 Å². The van der Waals surface area contributed by atoms with E-state index in [0.717, 1.165) is 25.0 Å². The van der Waals surface area contributed by atoms with Crippen molar-refractivity contribution in [3.63, 3.8) is 0 Å². The molecule has 0 bridgehead atoms.